The maximum atomic E-state index is 5.42. The predicted octanol–water partition coefficient (Wildman–Crippen LogP) is 3.04. The molecule has 0 bridgehead atoms. The maximum absolute atomic E-state index is 5.42. The van der Waals surface area contributed by atoms with E-state index in [0.717, 1.165) is 17.6 Å². The van der Waals surface area contributed by atoms with Gasteiger partial charge in [-0.25, -0.2) is 0 Å². The van der Waals surface area contributed by atoms with E-state index in [2.05, 4.69) is 58.0 Å². The van der Waals surface area contributed by atoms with Gasteiger partial charge in [0.25, 0.3) is 0 Å². The van der Waals surface area contributed by atoms with Gasteiger partial charge in [-0.2, -0.15) is 0 Å². The standard InChI is InChI=1S/C10H16N.C5H12OSi/c1-11(2,3)9-10-7-5-4-6-8-10;1-7-5-3-2-4-6-7/h4-8H,9H2,1-3H3;7H,2-5H2,1H3/q+1;. The van der Waals surface area contributed by atoms with E-state index in [9.17, 15) is 0 Å². The molecule has 3 heteroatoms. The van der Waals surface area contributed by atoms with Gasteiger partial charge in [-0.1, -0.05) is 36.8 Å². The van der Waals surface area contributed by atoms with Gasteiger partial charge in [0, 0.05) is 12.2 Å². The molecule has 0 amide bonds. The maximum Gasteiger partial charge on any atom is 0.173 e. The molecule has 1 aromatic carbocycles. The van der Waals surface area contributed by atoms with Crippen LogP contribution in [-0.2, 0) is 11.0 Å². The van der Waals surface area contributed by atoms with E-state index in [1.165, 1.54) is 24.4 Å². The molecule has 1 aliphatic rings. The lowest BCUT2D eigenvalue weighted by Gasteiger charge is -2.23. The zero-order valence-electron chi connectivity index (χ0n) is 12.4. The molecule has 0 aromatic heterocycles. The normalized spacial score (nSPS) is 19.9. The minimum absolute atomic E-state index is 0.595. The molecule has 1 unspecified atom stereocenters. The largest absolute Gasteiger partial charge is 0.420 e. The van der Waals surface area contributed by atoms with Crippen LogP contribution in [0.15, 0.2) is 30.3 Å². The second-order valence-corrected chi connectivity index (χ2v) is 8.64. The summed E-state index contributed by atoms with van der Waals surface area (Å²) in [6.45, 7) is 4.42. The summed E-state index contributed by atoms with van der Waals surface area (Å²) >= 11 is 0. The fourth-order valence-electron chi connectivity index (χ4n) is 2.03. The summed E-state index contributed by atoms with van der Waals surface area (Å²) in [6, 6.07) is 12.0. The van der Waals surface area contributed by atoms with Crippen LogP contribution in [0.3, 0.4) is 0 Å². The molecule has 1 fully saturated rings. The van der Waals surface area contributed by atoms with Crippen molar-refractivity contribution >= 4 is 9.04 Å². The number of hydrogen-bond acceptors (Lipinski definition) is 1. The Balaban J connectivity index is 0.000000199. The highest BCUT2D eigenvalue weighted by molar-refractivity contribution is 6.50. The molecule has 1 aliphatic heterocycles. The molecule has 0 radical (unpaired) electrons. The van der Waals surface area contributed by atoms with Crippen molar-refractivity contribution in [3.8, 4) is 0 Å². The molecule has 102 valence electrons. The van der Waals surface area contributed by atoms with Crippen LogP contribution in [0.4, 0.5) is 0 Å². The van der Waals surface area contributed by atoms with Gasteiger partial charge >= 0.3 is 0 Å². The van der Waals surface area contributed by atoms with Crippen molar-refractivity contribution < 1.29 is 8.91 Å². The molecule has 0 N–H and O–H groups in total. The lowest BCUT2D eigenvalue weighted by Crippen LogP contribution is -2.33. The average molecular weight is 266 g/mol. The lowest BCUT2D eigenvalue weighted by molar-refractivity contribution is -0.884. The zero-order valence-corrected chi connectivity index (χ0v) is 13.5. The van der Waals surface area contributed by atoms with Crippen molar-refractivity contribution in [1.82, 2.24) is 0 Å². The van der Waals surface area contributed by atoms with Gasteiger partial charge in [0.1, 0.15) is 6.54 Å². The van der Waals surface area contributed by atoms with Gasteiger partial charge < -0.3 is 8.91 Å². The number of quaternary nitrogens is 1. The van der Waals surface area contributed by atoms with Crippen molar-refractivity contribution in [1.29, 1.82) is 0 Å². The minimum atomic E-state index is -0.595. The monoisotopic (exact) mass is 266 g/mol. The third kappa shape index (κ3) is 7.64. The van der Waals surface area contributed by atoms with E-state index < -0.39 is 9.04 Å². The third-order valence-electron chi connectivity index (χ3n) is 2.91. The van der Waals surface area contributed by atoms with E-state index in [1.807, 2.05) is 0 Å². The molecule has 1 heterocycles. The first-order valence-electron chi connectivity index (χ1n) is 6.93. The fourth-order valence-corrected chi connectivity index (χ4v) is 3.63. The van der Waals surface area contributed by atoms with Gasteiger partial charge in [0.05, 0.1) is 21.1 Å². The highest BCUT2D eigenvalue weighted by Gasteiger charge is 2.08. The topological polar surface area (TPSA) is 9.23 Å². The van der Waals surface area contributed by atoms with Crippen LogP contribution in [-0.4, -0.2) is 41.3 Å². The van der Waals surface area contributed by atoms with Crippen LogP contribution in [0.1, 0.15) is 18.4 Å². The Hall–Kier alpha value is -0.643. The second kappa shape index (κ2) is 7.72. The summed E-state index contributed by atoms with van der Waals surface area (Å²) in [6.07, 6.45) is 2.73. The van der Waals surface area contributed by atoms with Crippen LogP contribution >= 0.6 is 0 Å². The average Bonchev–Trinajstić information content (AvgIpc) is 2.30. The van der Waals surface area contributed by atoms with Crippen LogP contribution < -0.4 is 0 Å². The zero-order chi connectivity index (χ0) is 13.4. The molecule has 18 heavy (non-hydrogen) atoms. The molecule has 1 saturated heterocycles. The number of rotatable bonds is 2. The molecule has 0 saturated carbocycles. The molecule has 0 aliphatic carbocycles. The summed E-state index contributed by atoms with van der Waals surface area (Å²) in [5.41, 5.74) is 1.40. The van der Waals surface area contributed by atoms with E-state index in [1.54, 1.807) is 0 Å². The molecule has 2 nitrogen and oxygen atoms in total. The van der Waals surface area contributed by atoms with Crippen molar-refractivity contribution in [3.05, 3.63) is 35.9 Å². The van der Waals surface area contributed by atoms with Gasteiger partial charge in [0.15, 0.2) is 9.04 Å². The summed E-state index contributed by atoms with van der Waals surface area (Å²) < 4.78 is 6.41. The van der Waals surface area contributed by atoms with Crippen LogP contribution in [0.5, 0.6) is 0 Å². The first kappa shape index (κ1) is 15.4. The first-order valence-corrected chi connectivity index (χ1v) is 9.37. The van der Waals surface area contributed by atoms with Crippen molar-refractivity contribution in [2.75, 3.05) is 27.7 Å². The Morgan fingerprint density at radius 3 is 2.17 bits per heavy atom. The highest BCUT2D eigenvalue weighted by Crippen LogP contribution is 2.09. The summed E-state index contributed by atoms with van der Waals surface area (Å²) in [7, 11) is 6.01. The Kier molecular flexibility index (Phi) is 6.61. The van der Waals surface area contributed by atoms with Crippen LogP contribution in [0.25, 0.3) is 0 Å². The van der Waals surface area contributed by atoms with Gasteiger partial charge in [-0.3, -0.25) is 0 Å². The van der Waals surface area contributed by atoms with E-state index in [-0.39, 0.29) is 0 Å². The summed E-state index contributed by atoms with van der Waals surface area (Å²) in [4.78, 5) is 0. The Bertz CT molecular complexity index is 315. The van der Waals surface area contributed by atoms with Crippen molar-refractivity contribution in [2.45, 2.75) is 32.0 Å². The lowest BCUT2D eigenvalue weighted by atomic mass is 10.2. The molecule has 2 rings (SSSR count). The van der Waals surface area contributed by atoms with Crippen molar-refractivity contribution in [3.63, 3.8) is 0 Å². The number of hydrogen-bond donors (Lipinski definition) is 0. The highest BCUT2D eigenvalue weighted by atomic mass is 28.3. The molecule has 0 spiro atoms. The molecular weight excluding hydrogens is 238 g/mol. The van der Waals surface area contributed by atoms with E-state index >= 15 is 0 Å². The summed E-state index contributed by atoms with van der Waals surface area (Å²) in [5, 5.41) is 0. The fraction of sp³-hybridized carbons (Fsp3) is 0.600. The predicted molar refractivity (Wildman–Crippen MR) is 81.2 cm³/mol. The SMILES string of the molecule is C[N+](C)(C)Cc1ccccc1.C[SiH]1CCCCO1. The summed E-state index contributed by atoms with van der Waals surface area (Å²) in [5.74, 6) is 0. The number of benzene rings is 1. The van der Waals surface area contributed by atoms with Gasteiger partial charge in [-0.05, 0) is 19.0 Å². The first-order chi connectivity index (χ1) is 8.47. The van der Waals surface area contributed by atoms with Crippen LogP contribution in [0, 0.1) is 0 Å². The molecule has 1 aromatic rings. The smallest absolute Gasteiger partial charge is 0.173 e. The molecule has 1 atom stereocenters. The number of nitrogens with zero attached hydrogens (tertiary/aromatic N) is 1. The third-order valence-corrected chi connectivity index (χ3v) is 4.93. The quantitative estimate of drug-likeness (QED) is 0.590. The minimum Gasteiger partial charge on any atom is -0.420 e. The van der Waals surface area contributed by atoms with Crippen molar-refractivity contribution in [2.24, 2.45) is 0 Å². The van der Waals surface area contributed by atoms with Gasteiger partial charge in [-0.15, -0.1) is 0 Å². The van der Waals surface area contributed by atoms with Gasteiger partial charge in [0.2, 0.25) is 0 Å². The molecular formula is C15H28NOSi+. The Morgan fingerprint density at radius 2 is 1.78 bits per heavy atom. The van der Waals surface area contributed by atoms with E-state index in [0.29, 0.717) is 0 Å². The van der Waals surface area contributed by atoms with E-state index in [4.69, 9.17) is 4.43 Å². The Labute approximate surface area is 114 Å². The van der Waals surface area contributed by atoms with Crippen LogP contribution in [0.2, 0.25) is 12.6 Å². The Morgan fingerprint density at radius 1 is 1.11 bits per heavy atom. The second-order valence-electron chi connectivity index (χ2n) is 6.11.